The lowest BCUT2D eigenvalue weighted by atomic mass is 10.1. The Hall–Kier alpha value is -0.480. The summed E-state index contributed by atoms with van der Waals surface area (Å²) in [5, 5.41) is 13.9. The van der Waals surface area contributed by atoms with Crippen molar-refractivity contribution in [2.24, 2.45) is 0 Å². The molecule has 1 N–H and O–H groups in total. The Labute approximate surface area is 89.3 Å². The number of hydrogen-bond donors (Lipinski definition) is 1. The Balaban J connectivity index is 2.47. The van der Waals surface area contributed by atoms with Crippen molar-refractivity contribution in [2.45, 2.75) is 52.1 Å². The Morgan fingerprint density at radius 3 is 2.79 bits per heavy atom. The number of nitrogens with zero attached hydrogens (tertiary/aromatic N) is 2. The minimum atomic E-state index is -0.350. The third-order valence-corrected chi connectivity index (χ3v) is 3.17. The van der Waals surface area contributed by atoms with Crippen LogP contribution in [-0.4, -0.2) is 14.7 Å². The normalized spacial score (nSPS) is 13.1. The molecule has 1 rings (SSSR count). The summed E-state index contributed by atoms with van der Waals surface area (Å²) in [5.74, 6) is 0. The van der Waals surface area contributed by atoms with E-state index in [-0.39, 0.29) is 6.10 Å². The number of aromatic nitrogens is 2. The van der Waals surface area contributed by atoms with Gasteiger partial charge >= 0.3 is 0 Å². The highest BCUT2D eigenvalue weighted by molar-refractivity contribution is 7.05. The molecule has 0 spiro atoms. The van der Waals surface area contributed by atoms with Crippen LogP contribution < -0.4 is 0 Å². The largest absolute Gasteiger partial charge is 0.387 e. The maximum atomic E-state index is 9.88. The van der Waals surface area contributed by atoms with Crippen LogP contribution in [0.3, 0.4) is 0 Å². The maximum absolute atomic E-state index is 9.88. The van der Waals surface area contributed by atoms with Crippen LogP contribution >= 0.6 is 11.5 Å². The molecular weight excluding hydrogens is 196 g/mol. The van der Waals surface area contributed by atoms with Crippen molar-refractivity contribution in [2.75, 3.05) is 0 Å². The lowest BCUT2D eigenvalue weighted by Gasteiger charge is -2.08. The minimum Gasteiger partial charge on any atom is -0.387 e. The molecule has 0 aromatic carbocycles. The van der Waals surface area contributed by atoms with Gasteiger partial charge in [0, 0.05) is 0 Å². The van der Waals surface area contributed by atoms with Gasteiger partial charge < -0.3 is 5.11 Å². The number of aryl methyl sites for hydroxylation is 1. The molecule has 0 aliphatic heterocycles. The molecule has 0 amide bonds. The predicted molar refractivity (Wildman–Crippen MR) is 58.4 cm³/mol. The molecule has 80 valence electrons. The van der Waals surface area contributed by atoms with Crippen LogP contribution in [0, 0.1) is 0 Å². The first-order valence-electron chi connectivity index (χ1n) is 5.28. The summed E-state index contributed by atoms with van der Waals surface area (Å²) in [6.45, 7) is 4.21. The van der Waals surface area contributed by atoms with Gasteiger partial charge in [0.05, 0.1) is 16.7 Å². The summed E-state index contributed by atoms with van der Waals surface area (Å²) in [4.78, 5) is 0.962. The topological polar surface area (TPSA) is 46.0 Å². The number of hydrogen-bond acceptors (Lipinski definition) is 4. The second-order valence-corrected chi connectivity index (χ2v) is 4.23. The van der Waals surface area contributed by atoms with E-state index < -0.39 is 0 Å². The third-order valence-electron chi connectivity index (χ3n) is 2.30. The fraction of sp³-hybridized carbons (Fsp3) is 0.800. The molecule has 0 saturated carbocycles. The van der Waals surface area contributed by atoms with Crippen LogP contribution in [0.5, 0.6) is 0 Å². The molecule has 14 heavy (non-hydrogen) atoms. The summed E-state index contributed by atoms with van der Waals surface area (Å²) < 4.78 is 3.87. The van der Waals surface area contributed by atoms with Gasteiger partial charge in [0.1, 0.15) is 0 Å². The molecule has 1 heterocycles. The van der Waals surface area contributed by atoms with Crippen LogP contribution in [-0.2, 0) is 6.42 Å². The average Bonchev–Trinajstić information content (AvgIpc) is 2.65. The van der Waals surface area contributed by atoms with E-state index in [9.17, 15) is 5.11 Å². The Kier molecular flexibility index (Phi) is 5.04. The summed E-state index contributed by atoms with van der Waals surface area (Å²) >= 11 is 1.33. The first-order valence-corrected chi connectivity index (χ1v) is 6.06. The first kappa shape index (κ1) is 11.6. The van der Waals surface area contributed by atoms with Crippen LogP contribution in [0.4, 0.5) is 0 Å². The highest BCUT2D eigenvalue weighted by Crippen LogP contribution is 2.25. The van der Waals surface area contributed by atoms with Gasteiger partial charge in [-0.25, -0.2) is 0 Å². The summed E-state index contributed by atoms with van der Waals surface area (Å²) in [7, 11) is 0. The monoisotopic (exact) mass is 214 g/mol. The fourth-order valence-corrected chi connectivity index (χ4v) is 2.19. The zero-order chi connectivity index (χ0) is 10.4. The van der Waals surface area contributed by atoms with Gasteiger partial charge in [0.15, 0.2) is 0 Å². The molecule has 1 unspecified atom stereocenters. The van der Waals surface area contributed by atoms with E-state index in [4.69, 9.17) is 0 Å². The number of unbranched alkanes of at least 4 members (excludes halogenated alkanes) is 2. The third kappa shape index (κ3) is 3.03. The van der Waals surface area contributed by atoms with Gasteiger partial charge in [-0.3, -0.25) is 0 Å². The van der Waals surface area contributed by atoms with E-state index >= 15 is 0 Å². The van der Waals surface area contributed by atoms with Crippen molar-refractivity contribution in [3.05, 3.63) is 10.6 Å². The number of aliphatic hydroxyl groups is 1. The van der Waals surface area contributed by atoms with Gasteiger partial charge in [-0.1, -0.05) is 37.6 Å². The van der Waals surface area contributed by atoms with Crippen LogP contribution in [0.25, 0.3) is 0 Å². The lowest BCUT2D eigenvalue weighted by molar-refractivity contribution is 0.166. The molecule has 0 saturated heterocycles. The Bertz CT molecular complexity index is 262. The van der Waals surface area contributed by atoms with Gasteiger partial charge in [0.25, 0.3) is 0 Å². The van der Waals surface area contributed by atoms with Gasteiger partial charge in [-0.15, -0.1) is 5.10 Å². The van der Waals surface area contributed by atoms with Crippen molar-refractivity contribution >= 4 is 11.5 Å². The number of aliphatic hydroxyl groups excluding tert-OH is 1. The second-order valence-electron chi connectivity index (χ2n) is 3.45. The maximum Gasteiger partial charge on any atom is 0.0917 e. The molecular formula is C10H18N2OS. The van der Waals surface area contributed by atoms with E-state index in [1.165, 1.54) is 24.4 Å². The molecule has 0 radical (unpaired) electrons. The molecule has 1 aromatic rings. The SMILES string of the molecule is CCCCCC(O)c1snnc1CC. The van der Waals surface area contributed by atoms with Crippen molar-refractivity contribution in [3.8, 4) is 0 Å². The molecule has 0 aliphatic rings. The van der Waals surface area contributed by atoms with Crippen LogP contribution in [0.2, 0.25) is 0 Å². The first-order chi connectivity index (χ1) is 6.79. The standard InChI is InChI=1S/C10H18N2OS/c1-3-5-6-7-9(13)10-8(4-2)11-12-14-10/h9,13H,3-7H2,1-2H3. The molecule has 3 nitrogen and oxygen atoms in total. The molecule has 1 atom stereocenters. The quantitative estimate of drug-likeness (QED) is 0.741. The Morgan fingerprint density at radius 2 is 2.14 bits per heavy atom. The van der Waals surface area contributed by atoms with Crippen LogP contribution in [0.1, 0.15) is 56.2 Å². The molecule has 1 aromatic heterocycles. The number of rotatable bonds is 6. The lowest BCUT2D eigenvalue weighted by Crippen LogP contribution is -1.98. The van der Waals surface area contributed by atoms with Gasteiger partial charge in [0.2, 0.25) is 0 Å². The zero-order valence-electron chi connectivity index (χ0n) is 8.86. The molecule has 4 heteroatoms. The highest BCUT2D eigenvalue weighted by Gasteiger charge is 2.14. The smallest absolute Gasteiger partial charge is 0.0917 e. The Morgan fingerprint density at radius 1 is 1.36 bits per heavy atom. The van der Waals surface area contributed by atoms with Crippen molar-refractivity contribution in [3.63, 3.8) is 0 Å². The van der Waals surface area contributed by atoms with E-state index in [2.05, 4.69) is 16.5 Å². The average molecular weight is 214 g/mol. The molecule has 0 aliphatic carbocycles. The fourth-order valence-electron chi connectivity index (χ4n) is 1.43. The molecule has 0 bridgehead atoms. The summed E-state index contributed by atoms with van der Waals surface area (Å²) in [6, 6.07) is 0. The van der Waals surface area contributed by atoms with Crippen molar-refractivity contribution < 1.29 is 5.11 Å². The summed E-state index contributed by atoms with van der Waals surface area (Å²) in [5.41, 5.74) is 0.957. The van der Waals surface area contributed by atoms with Gasteiger partial charge in [-0.2, -0.15) is 0 Å². The highest BCUT2D eigenvalue weighted by atomic mass is 32.1. The van der Waals surface area contributed by atoms with Crippen molar-refractivity contribution in [1.29, 1.82) is 0 Å². The van der Waals surface area contributed by atoms with Crippen LogP contribution in [0.15, 0.2) is 0 Å². The molecule has 0 fully saturated rings. The second kappa shape index (κ2) is 6.09. The summed E-state index contributed by atoms with van der Waals surface area (Å²) in [6.07, 6.45) is 4.80. The van der Waals surface area contributed by atoms with E-state index in [1.54, 1.807) is 0 Å². The predicted octanol–water partition coefficient (Wildman–Crippen LogP) is 2.71. The minimum absolute atomic E-state index is 0.350. The van der Waals surface area contributed by atoms with E-state index in [0.29, 0.717) is 0 Å². The zero-order valence-corrected chi connectivity index (χ0v) is 9.68. The van der Waals surface area contributed by atoms with Gasteiger partial charge in [-0.05, 0) is 24.4 Å². The van der Waals surface area contributed by atoms with E-state index in [1.807, 2.05) is 6.92 Å². The van der Waals surface area contributed by atoms with Crippen molar-refractivity contribution in [1.82, 2.24) is 9.59 Å². The van der Waals surface area contributed by atoms with E-state index in [0.717, 1.165) is 29.8 Å².